The van der Waals surface area contributed by atoms with Crippen LogP contribution in [0.3, 0.4) is 0 Å². The van der Waals surface area contributed by atoms with Gasteiger partial charge in [-0.15, -0.1) is 11.8 Å². The molecule has 0 bridgehead atoms. The number of ether oxygens (including phenoxy) is 1. The lowest BCUT2D eigenvalue weighted by molar-refractivity contribution is 0.339. The zero-order valence-electron chi connectivity index (χ0n) is 4.96. The van der Waals surface area contributed by atoms with Crippen LogP contribution in [-0.4, -0.2) is 17.3 Å². The van der Waals surface area contributed by atoms with Crippen LogP contribution in [0.2, 0.25) is 0 Å². The van der Waals surface area contributed by atoms with E-state index in [2.05, 4.69) is 6.92 Å². The van der Waals surface area contributed by atoms with Gasteiger partial charge in [-0.05, 0) is 18.1 Å². The van der Waals surface area contributed by atoms with Gasteiger partial charge in [-0.3, -0.25) is 0 Å². The maximum atomic E-state index is 5.35. The Labute approximate surface area is 53.8 Å². The van der Waals surface area contributed by atoms with E-state index in [1.807, 2.05) is 11.8 Å². The average Bonchev–Trinajstić information content (AvgIpc) is 2.45. The minimum Gasteiger partial charge on any atom is -0.358 e. The second-order valence-corrected chi connectivity index (χ2v) is 3.81. The van der Waals surface area contributed by atoms with Crippen molar-refractivity contribution in [2.45, 2.75) is 24.9 Å². The molecule has 1 nitrogen and oxygen atoms in total. The van der Waals surface area contributed by atoms with Gasteiger partial charge in [-0.25, -0.2) is 0 Å². The highest BCUT2D eigenvalue weighted by atomic mass is 32.2. The largest absolute Gasteiger partial charge is 0.358 e. The smallest absolute Gasteiger partial charge is 0.130 e. The molecule has 2 heterocycles. The molecule has 0 aliphatic carbocycles. The molecule has 3 unspecified atom stereocenters. The first kappa shape index (κ1) is 5.12. The Morgan fingerprint density at radius 1 is 1.62 bits per heavy atom. The fraction of sp³-hybridized carbons (Fsp3) is 1.00. The highest BCUT2D eigenvalue weighted by Gasteiger charge is 2.45. The third-order valence-corrected chi connectivity index (χ3v) is 3.08. The van der Waals surface area contributed by atoms with Crippen molar-refractivity contribution in [2.24, 2.45) is 5.92 Å². The molecule has 0 radical (unpaired) electrons. The van der Waals surface area contributed by atoms with Crippen LogP contribution in [0.15, 0.2) is 0 Å². The van der Waals surface area contributed by atoms with Crippen LogP contribution >= 0.6 is 11.8 Å². The van der Waals surface area contributed by atoms with Gasteiger partial charge in [0.25, 0.3) is 0 Å². The van der Waals surface area contributed by atoms with E-state index in [0.717, 1.165) is 5.92 Å². The topological polar surface area (TPSA) is 12.5 Å². The van der Waals surface area contributed by atoms with Gasteiger partial charge >= 0.3 is 0 Å². The molecule has 2 rings (SSSR count). The second kappa shape index (κ2) is 1.64. The van der Waals surface area contributed by atoms with Crippen molar-refractivity contribution >= 4 is 11.8 Å². The summed E-state index contributed by atoms with van der Waals surface area (Å²) in [5.41, 5.74) is 0.596. The molecule has 0 amide bonds. The minimum absolute atomic E-state index is 0.596. The van der Waals surface area contributed by atoms with Gasteiger partial charge in [0.2, 0.25) is 0 Å². The highest BCUT2D eigenvalue weighted by Crippen LogP contribution is 2.44. The normalized spacial score (nSPS) is 52.9. The molecule has 0 aromatic carbocycles. The molecule has 3 atom stereocenters. The van der Waals surface area contributed by atoms with Gasteiger partial charge in [-0.1, -0.05) is 6.92 Å². The van der Waals surface area contributed by atoms with Crippen molar-refractivity contribution in [3.05, 3.63) is 0 Å². The monoisotopic (exact) mass is 130 g/mol. The first-order chi connectivity index (χ1) is 3.88. The number of thioether (sulfide) groups is 1. The maximum absolute atomic E-state index is 5.35. The molecule has 0 spiro atoms. The molecule has 0 saturated carbocycles. The lowest BCUT2D eigenvalue weighted by Crippen LogP contribution is -2.11. The van der Waals surface area contributed by atoms with Crippen molar-refractivity contribution in [3.8, 4) is 0 Å². The molecule has 8 heavy (non-hydrogen) atoms. The van der Waals surface area contributed by atoms with Crippen LogP contribution in [0.5, 0.6) is 0 Å². The van der Waals surface area contributed by atoms with Crippen LogP contribution in [0.25, 0.3) is 0 Å². The first-order valence-electron chi connectivity index (χ1n) is 3.15. The summed E-state index contributed by atoms with van der Waals surface area (Å²) in [6.07, 6.45) is 1.99. The van der Waals surface area contributed by atoms with E-state index in [9.17, 15) is 0 Å². The summed E-state index contributed by atoms with van der Waals surface area (Å²) in [5.74, 6) is 2.14. The predicted octanol–water partition coefficient (Wildman–Crippen LogP) is 1.48. The predicted molar refractivity (Wildman–Crippen MR) is 34.9 cm³/mol. The Morgan fingerprint density at radius 3 is 3.12 bits per heavy atom. The SMILES string of the molecule is CC1CCSC2OC12. The Morgan fingerprint density at radius 2 is 2.50 bits per heavy atom. The minimum atomic E-state index is 0.596. The molecule has 2 fully saturated rings. The van der Waals surface area contributed by atoms with E-state index < -0.39 is 0 Å². The molecule has 2 aliphatic rings. The van der Waals surface area contributed by atoms with Gasteiger partial charge in [0.15, 0.2) is 0 Å². The van der Waals surface area contributed by atoms with Gasteiger partial charge in [0.05, 0.1) is 6.10 Å². The summed E-state index contributed by atoms with van der Waals surface area (Å²) >= 11 is 1.97. The van der Waals surface area contributed by atoms with Crippen LogP contribution in [0.4, 0.5) is 0 Å². The molecule has 2 heteroatoms. The van der Waals surface area contributed by atoms with Gasteiger partial charge in [0, 0.05) is 0 Å². The second-order valence-electron chi connectivity index (χ2n) is 2.61. The van der Waals surface area contributed by atoms with Gasteiger partial charge in [-0.2, -0.15) is 0 Å². The lowest BCUT2D eigenvalue weighted by atomic mass is 10.1. The highest BCUT2D eigenvalue weighted by molar-refractivity contribution is 8.00. The number of epoxide rings is 1. The molecule has 2 aliphatic heterocycles. The summed E-state index contributed by atoms with van der Waals surface area (Å²) in [5, 5.41) is 0. The molecular weight excluding hydrogens is 120 g/mol. The number of hydrogen-bond donors (Lipinski definition) is 0. The summed E-state index contributed by atoms with van der Waals surface area (Å²) in [6.45, 7) is 2.28. The van der Waals surface area contributed by atoms with Crippen molar-refractivity contribution in [1.29, 1.82) is 0 Å². The fourth-order valence-electron chi connectivity index (χ4n) is 1.18. The summed E-state index contributed by atoms with van der Waals surface area (Å²) in [4.78, 5) is 0. The van der Waals surface area contributed by atoms with E-state index in [1.165, 1.54) is 12.2 Å². The Balaban J connectivity index is 1.99. The molecule has 0 aromatic rings. The van der Waals surface area contributed by atoms with Crippen LogP contribution in [0.1, 0.15) is 13.3 Å². The molecule has 0 aromatic heterocycles. The number of fused-ring (bicyclic) bond motifs is 1. The Hall–Kier alpha value is 0.310. The Bertz CT molecular complexity index is 105. The van der Waals surface area contributed by atoms with Crippen molar-refractivity contribution in [2.75, 3.05) is 5.75 Å². The van der Waals surface area contributed by atoms with Crippen LogP contribution in [0, 0.1) is 5.92 Å². The third kappa shape index (κ3) is 0.669. The van der Waals surface area contributed by atoms with Crippen molar-refractivity contribution < 1.29 is 4.74 Å². The standard InChI is InChI=1S/C6H10OS/c1-4-2-3-8-6-5(4)7-6/h4-6H,2-3H2,1H3. The van der Waals surface area contributed by atoms with E-state index in [4.69, 9.17) is 4.74 Å². The van der Waals surface area contributed by atoms with E-state index in [0.29, 0.717) is 11.5 Å². The van der Waals surface area contributed by atoms with Crippen LogP contribution in [-0.2, 0) is 4.74 Å². The van der Waals surface area contributed by atoms with E-state index in [-0.39, 0.29) is 0 Å². The fourth-order valence-corrected chi connectivity index (χ4v) is 2.59. The number of hydrogen-bond acceptors (Lipinski definition) is 2. The summed E-state index contributed by atoms with van der Waals surface area (Å²) in [7, 11) is 0. The third-order valence-electron chi connectivity index (χ3n) is 1.90. The average molecular weight is 130 g/mol. The summed E-state index contributed by atoms with van der Waals surface area (Å²) < 4.78 is 5.35. The van der Waals surface area contributed by atoms with Crippen LogP contribution < -0.4 is 0 Å². The number of rotatable bonds is 0. The Kier molecular flexibility index (Phi) is 1.05. The van der Waals surface area contributed by atoms with Gasteiger partial charge < -0.3 is 4.74 Å². The van der Waals surface area contributed by atoms with E-state index >= 15 is 0 Å². The quantitative estimate of drug-likeness (QED) is 0.461. The van der Waals surface area contributed by atoms with Gasteiger partial charge in [0.1, 0.15) is 5.44 Å². The van der Waals surface area contributed by atoms with Crippen molar-refractivity contribution in [1.82, 2.24) is 0 Å². The van der Waals surface area contributed by atoms with E-state index in [1.54, 1.807) is 0 Å². The lowest BCUT2D eigenvalue weighted by Gasteiger charge is -2.10. The molecular formula is C6H10OS. The molecule has 46 valence electrons. The molecule has 2 saturated heterocycles. The van der Waals surface area contributed by atoms with Crippen molar-refractivity contribution in [3.63, 3.8) is 0 Å². The maximum Gasteiger partial charge on any atom is 0.130 e. The first-order valence-corrected chi connectivity index (χ1v) is 4.20. The summed E-state index contributed by atoms with van der Waals surface area (Å²) in [6, 6.07) is 0. The zero-order valence-corrected chi connectivity index (χ0v) is 5.78. The zero-order chi connectivity index (χ0) is 5.56. The molecule has 0 N–H and O–H groups in total.